The van der Waals surface area contributed by atoms with Crippen molar-refractivity contribution in [2.75, 3.05) is 61.5 Å². The van der Waals surface area contributed by atoms with Crippen LogP contribution < -0.4 is 36.7 Å². The predicted octanol–water partition coefficient (Wildman–Crippen LogP) is 10.9. The number of fused-ring (bicyclic) bond motifs is 2. The molecular formula is C74H75N15O18P2S2. The number of nitriles is 2. The van der Waals surface area contributed by atoms with E-state index < -0.39 is 123 Å². The zero-order valence-electron chi connectivity index (χ0n) is 60.0. The molecule has 3 amide bonds. The third-order valence-corrected chi connectivity index (χ3v) is 25.9. The van der Waals surface area contributed by atoms with Gasteiger partial charge in [-0.25, -0.2) is 33.9 Å². The topological polar surface area (TPSA) is 424 Å². The summed E-state index contributed by atoms with van der Waals surface area (Å²) >= 11 is 1.38. The Morgan fingerprint density at radius 1 is 0.613 bits per heavy atom. The van der Waals surface area contributed by atoms with Gasteiger partial charge < -0.3 is 44.2 Å². The number of amides is 3. The highest BCUT2D eigenvalue weighted by Crippen LogP contribution is 2.65. The highest BCUT2D eigenvalue weighted by Gasteiger charge is 2.49. The summed E-state index contributed by atoms with van der Waals surface area (Å²) in [5.41, 5.74) is -0.0167. The lowest BCUT2D eigenvalue weighted by Gasteiger charge is -2.37. The third kappa shape index (κ3) is 18.2. The van der Waals surface area contributed by atoms with E-state index in [2.05, 4.69) is 56.9 Å². The molecule has 3 aliphatic rings. The molecule has 37 heteroatoms. The van der Waals surface area contributed by atoms with Crippen LogP contribution in [0.5, 0.6) is 11.5 Å². The van der Waals surface area contributed by atoms with E-state index in [1.165, 1.54) is 44.9 Å². The van der Waals surface area contributed by atoms with Crippen LogP contribution in [0.25, 0.3) is 22.3 Å². The van der Waals surface area contributed by atoms with E-state index in [-0.39, 0.29) is 90.1 Å². The number of hydrogen-bond acceptors (Lipinski definition) is 28. The van der Waals surface area contributed by atoms with Crippen molar-refractivity contribution in [1.29, 1.82) is 10.5 Å². The second-order valence-corrected chi connectivity index (χ2v) is 34.1. The molecule has 5 aromatic carbocycles. The molecule has 3 aliphatic heterocycles. The summed E-state index contributed by atoms with van der Waals surface area (Å²) in [4.78, 5) is 95.7. The van der Waals surface area contributed by atoms with Gasteiger partial charge in [0.1, 0.15) is 78.4 Å². The van der Waals surface area contributed by atoms with Gasteiger partial charge in [-0.3, -0.25) is 61.3 Å². The van der Waals surface area contributed by atoms with Crippen molar-refractivity contribution >= 4 is 94.0 Å². The Morgan fingerprint density at radius 3 is 1.68 bits per heavy atom. The van der Waals surface area contributed by atoms with E-state index in [9.17, 15) is 39.6 Å². The van der Waals surface area contributed by atoms with Crippen LogP contribution in [0.15, 0.2) is 180 Å². The molecule has 0 aliphatic carbocycles. The summed E-state index contributed by atoms with van der Waals surface area (Å²) in [6, 6.07) is 46.4. The van der Waals surface area contributed by atoms with Crippen molar-refractivity contribution in [2.45, 2.75) is 107 Å². The largest absolute Gasteiger partial charge is 0.497 e. The number of rotatable bonds is 33. The average Bonchev–Trinajstić information content (AvgIpc) is 1.77. The normalized spacial score (nSPS) is 20.8. The van der Waals surface area contributed by atoms with E-state index in [4.69, 9.17) is 46.5 Å². The monoisotopic (exact) mass is 1590 g/mol. The summed E-state index contributed by atoms with van der Waals surface area (Å²) in [7, 11) is 3.10. The van der Waals surface area contributed by atoms with Crippen LogP contribution in [0.2, 0.25) is 0 Å². The minimum absolute atomic E-state index is 0.0281. The summed E-state index contributed by atoms with van der Waals surface area (Å²) in [5, 5.41) is 39.4. The molecule has 111 heavy (non-hydrogen) atoms. The maximum atomic E-state index is 16.2. The minimum atomic E-state index is -4.68. The lowest BCUT2D eigenvalue weighted by Crippen LogP contribution is -2.38. The quantitative estimate of drug-likeness (QED) is 0.0145. The van der Waals surface area contributed by atoms with E-state index in [1.54, 1.807) is 113 Å². The second kappa shape index (κ2) is 35.4. The Morgan fingerprint density at radius 2 is 1.12 bits per heavy atom. The number of anilines is 3. The number of imidazole rings is 2. The Labute approximate surface area is 642 Å². The van der Waals surface area contributed by atoms with Gasteiger partial charge in [0.2, 0.25) is 11.9 Å². The number of H-pyrrole nitrogens is 1. The van der Waals surface area contributed by atoms with Gasteiger partial charge in [0.25, 0.3) is 17.4 Å². The predicted molar refractivity (Wildman–Crippen MR) is 406 cm³/mol. The molecule has 11 atom stereocenters. The maximum absolute atomic E-state index is 16.2. The molecular weight excluding hydrogens is 1510 g/mol. The van der Waals surface area contributed by atoms with Crippen molar-refractivity contribution in [2.24, 2.45) is 5.92 Å². The van der Waals surface area contributed by atoms with Gasteiger partial charge in [-0.05, 0) is 94.1 Å². The van der Waals surface area contributed by atoms with Crippen LogP contribution in [0.3, 0.4) is 0 Å². The molecule has 576 valence electrons. The molecule has 5 aromatic heterocycles. The molecule has 5 N–H and O–H groups in total. The summed E-state index contributed by atoms with van der Waals surface area (Å²) in [5.74, 6) is -1.06. The molecule has 3 saturated heterocycles. The van der Waals surface area contributed by atoms with E-state index >= 15 is 9.13 Å². The van der Waals surface area contributed by atoms with E-state index in [1.807, 2.05) is 60.7 Å². The fraction of sp³-hybridized carbons (Fsp3) is 0.338. The number of aliphatic hydroxyl groups excluding tert-OH is 1. The van der Waals surface area contributed by atoms with Gasteiger partial charge in [-0.2, -0.15) is 20.5 Å². The van der Waals surface area contributed by atoms with Crippen LogP contribution in [0.1, 0.15) is 102 Å². The number of aromatic nitrogens is 10. The molecule has 0 spiro atoms. The number of aliphatic hydroxyl groups is 1. The maximum Gasteiger partial charge on any atom is 0.389 e. The van der Waals surface area contributed by atoms with Crippen molar-refractivity contribution in [3.8, 4) is 23.6 Å². The van der Waals surface area contributed by atoms with Crippen LogP contribution in [0, 0.1) is 28.6 Å². The Balaban J connectivity index is 0.825. The molecule has 3 fully saturated rings. The summed E-state index contributed by atoms with van der Waals surface area (Å²) in [6.07, 6.45) is -6.43. The Bertz CT molecular complexity index is 5220. The average molecular weight is 1590 g/mol. The molecule has 13 rings (SSSR count). The van der Waals surface area contributed by atoms with Crippen molar-refractivity contribution in [1.82, 2.24) is 48.6 Å². The first-order valence-electron chi connectivity index (χ1n) is 35.1. The number of benzene rings is 5. The zero-order chi connectivity index (χ0) is 77.8. The van der Waals surface area contributed by atoms with Gasteiger partial charge in [-0.1, -0.05) is 105 Å². The number of hydrogen-bond donors (Lipinski definition) is 5. The van der Waals surface area contributed by atoms with Crippen LogP contribution in [-0.4, -0.2) is 154 Å². The number of nitrogens with one attached hydrogen (secondary N) is 4. The zero-order valence-corrected chi connectivity index (χ0v) is 63.4. The van der Waals surface area contributed by atoms with Gasteiger partial charge in [0, 0.05) is 66.9 Å². The molecule has 0 saturated carbocycles. The van der Waals surface area contributed by atoms with Crippen molar-refractivity contribution in [3.05, 3.63) is 219 Å². The molecule has 10 aromatic rings. The van der Waals surface area contributed by atoms with Gasteiger partial charge >= 0.3 is 19.3 Å². The van der Waals surface area contributed by atoms with Gasteiger partial charge in [0.05, 0.1) is 64.9 Å². The number of nitrogens with zero attached hydrogens (tertiary/aromatic N) is 11. The number of ether oxygens (including phenoxy) is 6. The van der Waals surface area contributed by atoms with Crippen LogP contribution in [0.4, 0.5) is 17.6 Å². The Kier molecular flexibility index (Phi) is 25.1. The number of aromatic amines is 1. The first-order valence-corrected chi connectivity index (χ1v) is 41.3. The number of carbonyl (C=O) groups excluding carboxylic acids is 3. The molecule has 0 bridgehead atoms. The minimum Gasteiger partial charge on any atom is -0.497 e. The van der Waals surface area contributed by atoms with Crippen LogP contribution >= 0.6 is 36.4 Å². The van der Waals surface area contributed by atoms with E-state index in [0.717, 1.165) is 0 Å². The molecule has 8 heterocycles. The van der Waals surface area contributed by atoms with E-state index in [0.29, 0.717) is 62.1 Å². The fourth-order valence-electron chi connectivity index (χ4n) is 12.7. The number of methoxy groups -OCH3 is 2. The first kappa shape index (κ1) is 78.8. The fourth-order valence-corrected chi connectivity index (χ4v) is 19.4. The molecule has 2 unspecified atom stereocenters. The second-order valence-electron chi connectivity index (χ2n) is 25.8. The summed E-state index contributed by atoms with van der Waals surface area (Å²) in [6.45, 7) is -7.48. The van der Waals surface area contributed by atoms with Gasteiger partial charge in [0.15, 0.2) is 28.1 Å². The lowest BCUT2D eigenvalue weighted by atomic mass is 9.80. The molecule has 33 nitrogen and oxygen atoms in total. The standard InChI is InChI=1S/C74H75N15O18P2S2/c1-45(2)68(91)85-72-84-67-64(71(94)86-72)80-44-89(67)60-36-53(90)56(103-60)40-101-108(96,110-34-14-31-75)107-55-38-62(88-43-79-63-65(77-42-78-66(63)88)83-70(93)47-18-10-6-11-19-47)105-58(55)41-102-109(97,111-35-15-32-76)106-54-37-61(87-33-30-59(82-73(87)95)81-69(92)46-16-8-5-9-17-46)104-57(54)39-100-74(48-20-12-7-13-21-48,49-22-26-51(98-3)27-23-49)50-24-28-52(99-4)29-25-50/h5-13,16-30,33,42-45,53-58,60-62,90H,14-15,34-41H2,1-4H3,(H,77,78,83,93)(H,81,82,92,95)(H2,84,85,86,91,94)/t53-,54-,55-,56+,57+,58+,60+,61+,62+,108?,109?/m0/s1. The smallest absolute Gasteiger partial charge is 0.389 e. The highest BCUT2D eigenvalue weighted by molar-refractivity contribution is 8.55. The van der Waals surface area contributed by atoms with Crippen LogP contribution in [-0.2, 0) is 56.6 Å². The highest BCUT2D eigenvalue weighted by atomic mass is 32.7. The van der Waals surface area contributed by atoms with Gasteiger partial charge in [-0.15, -0.1) is 0 Å². The first-order chi connectivity index (χ1) is 53.8. The summed E-state index contributed by atoms with van der Waals surface area (Å²) < 4.78 is 101. The van der Waals surface area contributed by atoms with Crippen molar-refractivity contribution in [3.63, 3.8) is 0 Å². The third-order valence-electron chi connectivity index (χ3n) is 18.3. The molecule has 0 radical (unpaired) electrons. The number of carbonyl (C=O) groups is 3. The van der Waals surface area contributed by atoms with Crippen molar-refractivity contribution < 1.29 is 75.1 Å². The lowest BCUT2D eigenvalue weighted by molar-refractivity contribution is -0.119. The Hall–Kier alpha value is -10.3. The SMILES string of the molecule is COc1ccc(C(OC[C@H]2O[C@@H](n3ccc(NC(=O)c4ccccc4)nc3=O)C[C@@H]2OP(=O)(OC[C@H]2O[C@@H](n3cnc4c(NC(=O)c5ccccc5)ncnc43)C[C@@H]2OP(=O)(OC[C@H]2O[C@@H](n3cnc4c(=O)[nH]c(NC(=O)C(C)C)nc43)C[C@@H]2O)SCCC#N)SCCC#N)(c2ccccc2)c2ccc(OC)cc2)cc1.